The molecule has 3 heterocycles. The molecule has 2 aliphatic heterocycles. The van der Waals surface area contributed by atoms with E-state index in [1.54, 1.807) is 6.20 Å². The van der Waals surface area contributed by atoms with Crippen molar-refractivity contribution in [3.63, 3.8) is 0 Å². The number of nitrogens with one attached hydrogen (secondary N) is 1. The highest BCUT2D eigenvalue weighted by Gasteiger charge is 2.37. The number of carbonyl (C=O) groups excluding carboxylic acids is 1. The summed E-state index contributed by atoms with van der Waals surface area (Å²) in [5.41, 5.74) is 2.03. The average Bonchev–Trinajstić information content (AvgIpc) is 2.62. The van der Waals surface area contributed by atoms with Crippen molar-refractivity contribution in [1.29, 1.82) is 0 Å². The summed E-state index contributed by atoms with van der Waals surface area (Å²) in [6, 6.07) is 9.80. The van der Waals surface area contributed by atoms with Crippen molar-refractivity contribution in [3.05, 3.63) is 42.1 Å². The van der Waals surface area contributed by atoms with Gasteiger partial charge in [-0.1, -0.05) is 18.2 Å². The molecule has 0 saturated carbocycles. The molecule has 0 unspecified atom stereocenters. The van der Waals surface area contributed by atoms with Gasteiger partial charge in [0.05, 0.1) is 11.1 Å². The Hall–Kier alpha value is -1.94. The number of hydrogen-bond acceptors (Lipinski definition) is 3. The fourth-order valence-corrected chi connectivity index (χ4v) is 4.09. The lowest BCUT2D eigenvalue weighted by molar-refractivity contribution is 0.0497. The second-order valence-electron chi connectivity index (χ2n) is 6.92. The van der Waals surface area contributed by atoms with Gasteiger partial charge in [-0.3, -0.25) is 9.78 Å². The van der Waals surface area contributed by atoms with Gasteiger partial charge in [0.25, 0.3) is 5.91 Å². The molecule has 1 N–H and O–H groups in total. The van der Waals surface area contributed by atoms with Crippen molar-refractivity contribution < 1.29 is 4.79 Å². The Balaban J connectivity index is 1.53. The van der Waals surface area contributed by atoms with E-state index in [2.05, 4.69) is 10.3 Å². The van der Waals surface area contributed by atoms with Gasteiger partial charge in [-0.15, -0.1) is 0 Å². The van der Waals surface area contributed by atoms with Gasteiger partial charge in [-0.2, -0.15) is 0 Å². The molecule has 0 radical (unpaired) electrons. The van der Waals surface area contributed by atoms with Gasteiger partial charge in [-0.25, -0.2) is 0 Å². The molecule has 2 saturated heterocycles. The van der Waals surface area contributed by atoms with E-state index >= 15 is 0 Å². The molecule has 4 rings (SSSR count). The standard InChI is InChI=1S/C19H23N3O/c23-18(16-5-1-3-15-4-2-10-21-17(15)16)22-13-8-19(9-14-22)6-11-20-12-7-19/h1-5,10,20H,6-9,11-14H2. The highest BCUT2D eigenvalue weighted by Crippen LogP contribution is 2.39. The summed E-state index contributed by atoms with van der Waals surface area (Å²) in [5, 5.41) is 4.48. The van der Waals surface area contributed by atoms with Gasteiger partial charge in [0.1, 0.15) is 0 Å². The molecule has 1 spiro atoms. The topological polar surface area (TPSA) is 45.2 Å². The Morgan fingerprint density at radius 2 is 1.78 bits per heavy atom. The minimum absolute atomic E-state index is 0.137. The zero-order valence-electron chi connectivity index (χ0n) is 13.4. The van der Waals surface area contributed by atoms with Crippen LogP contribution in [0.15, 0.2) is 36.5 Å². The third-order valence-corrected chi connectivity index (χ3v) is 5.64. The molecular formula is C19H23N3O. The number of amides is 1. The number of likely N-dealkylation sites (tertiary alicyclic amines) is 1. The minimum atomic E-state index is 0.137. The Morgan fingerprint density at radius 3 is 2.57 bits per heavy atom. The van der Waals surface area contributed by atoms with Crippen LogP contribution in [0, 0.1) is 5.41 Å². The molecule has 2 aromatic rings. The van der Waals surface area contributed by atoms with Crippen LogP contribution >= 0.6 is 0 Å². The third-order valence-electron chi connectivity index (χ3n) is 5.64. The monoisotopic (exact) mass is 309 g/mol. The first-order valence-electron chi connectivity index (χ1n) is 8.61. The summed E-state index contributed by atoms with van der Waals surface area (Å²) in [5.74, 6) is 0.137. The van der Waals surface area contributed by atoms with Crippen molar-refractivity contribution in [2.24, 2.45) is 5.41 Å². The molecule has 2 fully saturated rings. The molecule has 1 amide bonds. The summed E-state index contributed by atoms with van der Waals surface area (Å²) in [6.45, 7) is 4.01. The van der Waals surface area contributed by atoms with Crippen LogP contribution in [0.5, 0.6) is 0 Å². The summed E-state index contributed by atoms with van der Waals surface area (Å²) >= 11 is 0. The summed E-state index contributed by atoms with van der Waals surface area (Å²) in [7, 11) is 0. The number of pyridine rings is 1. The Kier molecular flexibility index (Phi) is 3.77. The number of rotatable bonds is 1. The molecule has 1 aromatic carbocycles. The van der Waals surface area contributed by atoms with Crippen LogP contribution in [0.4, 0.5) is 0 Å². The molecule has 0 aliphatic carbocycles. The number of fused-ring (bicyclic) bond motifs is 1. The quantitative estimate of drug-likeness (QED) is 0.881. The molecule has 4 heteroatoms. The SMILES string of the molecule is O=C(c1cccc2cccnc12)N1CCC2(CCNCC2)CC1. The maximum absolute atomic E-state index is 13.0. The van der Waals surface area contributed by atoms with Gasteiger partial charge >= 0.3 is 0 Å². The maximum atomic E-state index is 13.0. The van der Waals surface area contributed by atoms with Crippen LogP contribution in [0.1, 0.15) is 36.0 Å². The smallest absolute Gasteiger partial charge is 0.256 e. The second kappa shape index (κ2) is 5.93. The molecule has 1 aromatic heterocycles. The van der Waals surface area contributed by atoms with E-state index in [4.69, 9.17) is 0 Å². The molecule has 0 atom stereocenters. The number of nitrogens with zero attached hydrogens (tertiary/aromatic N) is 2. The van der Waals surface area contributed by atoms with Crippen molar-refractivity contribution in [3.8, 4) is 0 Å². The van der Waals surface area contributed by atoms with E-state index in [1.165, 1.54) is 12.8 Å². The number of piperidine rings is 2. The molecule has 2 aliphatic rings. The number of aromatic nitrogens is 1. The molecular weight excluding hydrogens is 286 g/mol. The summed E-state index contributed by atoms with van der Waals surface area (Å²) in [6.07, 6.45) is 6.55. The third kappa shape index (κ3) is 2.72. The minimum Gasteiger partial charge on any atom is -0.339 e. The van der Waals surface area contributed by atoms with E-state index in [1.807, 2.05) is 35.2 Å². The average molecular weight is 309 g/mol. The van der Waals surface area contributed by atoms with Crippen LogP contribution < -0.4 is 5.32 Å². The molecule has 4 nitrogen and oxygen atoms in total. The number of hydrogen-bond donors (Lipinski definition) is 1. The highest BCUT2D eigenvalue weighted by atomic mass is 16.2. The predicted octanol–water partition coefficient (Wildman–Crippen LogP) is 2.84. The molecule has 120 valence electrons. The van der Waals surface area contributed by atoms with Gasteiger partial charge in [0.15, 0.2) is 0 Å². The van der Waals surface area contributed by atoms with Crippen LogP contribution in [0.25, 0.3) is 10.9 Å². The number of carbonyl (C=O) groups is 1. The lowest BCUT2D eigenvalue weighted by Crippen LogP contribution is -2.47. The Labute approximate surface area is 136 Å². The highest BCUT2D eigenvalue weighted by molar-refractivity contribution is 6.05. The van der Waals surface area contributed by atoms with Gasteiger partial charge in [0.2, 0.25) is 0 Å². The summed E-state index contributed by atoms with van der Waals surface area (Å²) < 4.78 is 0. The van der Waals surface area contributed by atoms with E-state index < -0.39 is 0 Å². The maximum Gasteiger partial charge on any atom is 0.256 e. The largest absolute Gasteiger partial charge is 0.339 e. The van der Waals surface area contributed by atoms with E-state index in [0.29, 0.717) is 5.41 Å². The zero-order valence-corrected chi connectivity index (χ0v) is 13.4. The van der Waals surface area contributed by atoms with E-state index in [-0.39, 0.29) is 5.91 Å². The van der Waals surface area contributed by atoms with Gasteiger partial charge in [0, 0.05) is 24.7 Å². The molecule has 0 bridgehead atoms. The van der Waals surface area contributed by atoms with Crippen molar-refractivity contribution in [1.82, 2.24) is 15.2 Å². The second-order valence-corrected chi connectivity index (χ2v) is 6.92. The van der Waals surface area contributed by atoms with Crippen LogP contribution in [0.3, 0.4) is 0 Å². The fraction of sp³-hybridized carbons (Fsp3) is 0.474. The first-order valence-corrected chi connectivity index (χ1v) is 8.61. The first-order chi connectivity index (χ1) is 11.3. The Morgan fingerprint density at radius 1 is 1.04 bits per heavy atom. The lowest BCUT2D eigenvalue weighted by Gasteiger charge is -2.44. The van der Waals surface area contributed by atoms with Crippen molar-refractivity contribution in [2.75, 3.05) is 26.2 Å². The van der Waals surface area contributed by atoms with E-state index in [9.17, 15) is 4.79 Å². The van der Waals surface area contributed by atoms with Crippen LogP contribution in [0.2, 0.25) is 0 Å². The molecule has 23 heavy (non-hydrogen) atoms. The lowest BCUT2D eigenvalue weighted by atomic mass is 9.71. The van der Waals surface area contributed by atoms with Gasteiger partial charge < -0.3 is 10.2 Å². The first kappa shape index (κ1) is 14.6. The van der Waals surface area contributed by atoms with Crippen molar-refractivity contribution >= 4 is 16.8 Å². The normalized spacial score (nSPS) is 20.8. The van der Waals surface area contributed by atoms with Gasteiger partial charge in [-0.05, 0) is 56.3 Å². The summed E-state index contributed by atoms with van der Waals surface area (Å²) in [4.78, 5) is 19.4. The number of para-hydroxylation sites is 1. The number of benzene rings is 1. The van der Waals surface area contributed by atoms with Crippen LogP contribution in [-0.4, -0.2) is 42.0 Å². The van der Waals surface area contributed by atoms with Crippen molar-refractivity contribution in [2.45, 2.75) is 25.7 Å². The fourth-order valence-electron chi connectivity index (χ4n) is 4.09. The van der Waals surface area contributed by atoms with E-state index in [0.717, 1.165) is 55.5 Å². The predicted molar refractivity (Wildman–Crippen MR) is 91.4 cm³/mol. The van der Waals surface area contributed by atoms with Crippen LogP contribution in [-0.2, 0) is 0 Å². The Bertz CT molecular complexity index is 706. The zero-order chi connectivity index (χ0) is 15.7.